The molecule has 1 N–H and O–H groups in total. The van der Waals surface area contributed by atoms with E-state index in [1.165, 1.54) is 60.2 Å². The number of aliphatic hydroxyl groups excluding tert-OH is 1. The normalized spacial score (nSPS) is 23.7. The van der Waals surface area contributed by atoms with Gasteiger partial charge in [0.15, 0.2) is 5.76 Å². The molecule has 8 nitrogen and oxygen atoms in total. The molecule has 2 saturated heterocycles. The Hall–Kier alpha value is -2.75. The van der Waals surface area contributed by atoms with Crippen molar-refractivity contribution in [3.05, 3.63) is 71.0 Å². The van der Waals surface area contributed by atoms with E-state index in [2.05, 4.69) is 53.4 Å². The van der Waals surface area contributed by atoms with Gasteiger partial charge in [-0.2, -0.15) is 0 Å². The third-order valence-electron chi connectivity index (χ3n) is 10.0. The average molecular weight is 619 g/mol. The third-order valence-corrected chi connectivity index (χ3v) is 10.0. The summed E-state index contributed by atoms with van der Waals surface area (Å²) in [6.07, 6.45) is 9.08. The Morgan fingerprint density at radius 1 is 0.911 bits per heavy atom. The van der Waals surface area contributed by atoms with Crippen LogP contribution in [0.1, 0.15) is 68.1 Å². The predicted molar refractivity (Wildman–Crippen MR) is 174 cm³/mol. The Bertz CT molecular complexity index is 1300. The zero-order chi connectivity index (χ0) is 31.0. The number of hydrogen-bond acceptors (Lipinski definition) is 7. The quantitative estimate of drug-likeness (QED) is 0.266. The van der Waals surface area contributed by atoms with E-state index in [4.69, 9.17) is 24.1 Å². The number of carbonyl (C=O) groups excluding carboxylic acids is 1. The maximum absolute atomic E-state index is 14.1. The fraction of sp³-hybridized carbons (Fsp3) is 0.595. The molecule has 0 spiro atoms. The van der Waals surface area contributed by atoms with Crippen molar-refractivity contribution in [2.24, 2.45) is 5.92 Å². The molecule has 0 aromatic heterocycles. The third kappa shape index (κ3) is 7.47. The van der Waals surface area contributed by atoms with Crippen LogP contribution < -0.4 is 0 Å². The van der Waals surface area contributed by atoms with Crippen LogP contribution in [0.25, 0.3) is 11.1 Å². The van der Waals surface area contributed by atoms with Gasteiger partial charge < -0.3 is 33.9 Å². The van der Waals surface area contributed by atoms with Crippen molar-refractivity contribution in [1.82, 2.24) is 9.80 Å². The van der Waals surface area contributed by atoms with E-state index in [0.29, 0.717) is 51.3 Å². The molecule has 2 fully saturated rings. The molecule has 4 aliphatic rings. The van der Waals surface area contributed by atoms with Crippen molar-refractivity contribution >= 4 is 5.91 Å². The van der Waals surface area contributed by atoms with Crippen LogP contribution in [0.5, 0.6) is 0 Å². The summed E-state index contributed by atoms with van der Waals surface area (Å²) in [5, 5.41) is 8.96. The molecule has 0 saturated carbocycles. The Kier molecular flexibility index (Phi) is 11.2. The second-order valence-electron chi connectivity index (χ2n) is 12.7. The van der Waals surface area contributed by atoms with Gasteiger partial charge >= 0.3 is 0 Å². The van der Waals surface area contributed by atoms with E-state index in [-0.39, 0.29) is 24.3 Å². The lowest BCUT2D eigenvalue weighted by molar-refractivity contribution is -0.172. The van der Waals surface area contributed by atoms with Gasteiger partial charge in [-0.05, 0) is 92.4 Å². The number of fused-ring (bicyclic) bond motifs is 3. The molecule has 244 valence electrons. The summed E-state index contributed by atoms with van der Waals surface area (Å²) in [4.78, 5) is 18.7. The zero-order valence-corrected chi connectivity index (χ0v) is 26.8. The number of benzene rings is 2. The highest BCUT2D eigenvalue weighted by Crippen LogP contribution is 2.46. The van der Waals surface area contributed by atoms with Crippen molar-refractivity contribution in [3.63, 3.8) is 0 Å². The van der Waals surface area contributed by atoms with Crippen molar-refractivity contribution in [2.45, 2.75) is 70.1 Å². The Labute approximate surface area is 268 Å². The van der Waals surface area contributed by atoms with Crippen molar-refractivity contribution < 1.29 is 28.8 Å². The van der Waals surface area contributed by atoms with Crippen LogP contribution in [0.15, 0.2) is 54.3 Å². The molecule has 8 heteroatoms. The van der Waals surface area contributed by atoms with E-state index >= 15 is 0 Å². The fourth-order valence-corrected chi connectivity index (χ4v) is 7.76. The molecule has 3 heterocycles. The van der Waals surface area contributed by atoms with E-state index in [1.807, 2.05) is 11.8 Å². The number of piperidine rings is 2. The number of nitrogens with zero attached hydrogens (tertiary/aromatic N) is 2. The highest BCUT2D eigenvalue weighted by Gasteiger charge is 2.41. The first-order chi connectivity index (χ1) is 22.2. The molecular weight excluding hydrogens is 568 g/mol. The molecule has 1 aliphatic carbocycles. The first-order valence-corrected chi connectivity index (χ1v) is 17.2. The number of amides is 1. The minimum absolute atomic E-state index is 0.00619. The molecule has 1 amide bonds. The Morgan fingerprint density at radius 3 is 2.44 bits per heavy atom. The van der Waals surface area contributed by atoms with Gasteiger partial charge in [0.25, 0.3) is 5.91 Å². The first kappa shape index (κ1) is 32.2. The van der Waals surface area contributed by atoms with Gasteiger partial charge in [-0.1, -0.05) is 48.9 Å². The van der Waals surface area contributed by atoms with Gasteiger partial charge in [-0.25, -0.2) is 0 Å². The molecular formula is C37H50N2O6. The lowest BCUT2D eigenvalue weighted by Gasteiger charge is -2.42. The summed E-state index contributed by atoms with van der Waals surface area (Å²) in [6, 6.07) is 15.8. The second kappa shape index (κ2) is 15.7. The van der Waals surface area contributed by atoms with E-state index < -0.39 is 6.29 Å². The van der Waals surface area contributed by atoms with Crippen molar-refractivity contribution in [1.29, 1.82) is 0 Å². The molecule has 2 aromatic rings. The number of hydrogen-bond donors (Lipinski definition) is 1. The monoisotopic (exact) mass is 618 g/mol. The molecule has 3 atom stereocenters. The SMILES string of the molecule is CCOC1OC(C(=O)N2CCC(N3CCCCC3)CC2)=CC(c2cccc3c2Cc2ccccc2-3)C1CCOCCOCCO. The molecule has 3 aliphatic heterocycles. The van der Waals surface area contributed by atoms with Gasteiger partial charge in [-0.3, -0.25) is 4.79 Å². The van der Waals surface area contributed by atoms with Crippen molar-refractivity contribution in [2.75, 3.05) is 65.8 Å². The lowest BCUT2D eigenvalue weighted by atomic mass is 9.78. The number of rotatable bonds is 13. The van der Waals surface area contributed by atoms with Crippen LogP contribution in [0.4, 0.5) is 0 Å². The predicted octanol–water partition coefficient (Wildman–Crippen LogP) is 5.13. The lowest BCUT2D eigenvalue weighted by Crippen LogP contribution is -2.49. The largest absolute Gasteiger partial charge is 0.459 e. The van der Waals surface area contributed by atoms with Gasteiger partial charge in [0.2, 0.25) is 6.29 Å². The number of allylic oxidation sites excluding steroid dienone is 1. The average Bonchev–Trinajstić information content (AvgIpc) is 3.47. The van der Waals surface area contributed by atoms with E-state index in [1.54, 1.807) is 0 Å². The summed E-state index contributed by atoms with van der Waals surface area (Å²) >= 11 is 0. The molecule has 3 unspecified atom stereocenters. The van der Waals surface area contributed by atoms with Crippen molar-refractivity contribution in [3.8, 4) is 11.1 Å². The minimum Gasteiger partial charge on any atom is -0.459 e. The molecule has 6 rings (SSSR count). The van der Waals surface area contributed by atoms with Gasteiger partial charge in [0.1, 0.15) is 0 Å². The fourth-order valence-electron chi connectivity index (χ4n) is 7.76. The highest BCUT2D eigenvalue weighted by molar-refractivity contribution is 5.92. The summed E-state index contributed by atoms with van der Waals surface area (Å²) in [5.41, 5.74) is 6.48. The molecule has 2 aromatic carbocycles. The standard InChI is InChI=1S/C37H50N2O6/c1-2-44-37-32(15-21-42-23-24-43-22-20-40)34(31-12-8-11-30-29-10-5-4-9-27(29)25-33(30)31)26-35(45-37)36(41)39-18-13-28(14-19-39)38-16-6-3-7-17-38/h4-5,8-12,26,28,32,34,37,40H,2-3,6-7,13-25H2,1H3. The molecule has 0 radical (unpaired) electrons. The summed E-state index contributed by atoms with van der Waals surface area (Å²) < 4.78 is 24.0. The first-order valence-electron chi connectivity index (χ1n) is 17.2. The molecule has 45 heavy (non-hydrogen) atoms. The van der Waals surface area contributed by atoms with Crippen LogP contribution >= 0.6 is 0 Å². The van der Waals surface area contributed by atoms with Crippen LogP contribution in [0, 0.1) is 5.92 Å². The minimum atomic E-state index is -0.552. The van der Waals surface area contributed by atoms with Gasteiger partial charge in [0, 0.05) is 44.2 Å². The Morgan fingerprint density at radius 2 is 1.67 bits per heavy atom. The smallest absolute Gasteiger partial charge is 0.288 e. The highest BCUT2D eigenvalue weighted by atomic mass is 16.7. The Balaban J connectivity index is 1.24. The zero-order valence-electron chi connectivity index (χ0n) is 26.8. The summed E-state index contributed by atoms with van der Waals surface area (Å²) in [7, 11) is 0. The van der Waals surface area contributed by atoms with E-state index in [9.17, 15) is 4.79 Å². The topological polar surface area (TPSA) is 80.7 Å². The maximum Gasteiger partial charge on any atom is 0.288 e. The number of likely N-dealkylation sites (tertiary alicyclic amines) is 2. The van der Waals surface area contributed by atoms with E-state index in [0.717, 1.165) is 32.4 Å². The number of ether oxygens (including phenoxy) is 4. The van der Waals surface area contributed by atoms with Crippen LogP contribution in [0.2, 0.25) is 0 Å². The summed E-state index contributed by atoms with van der Waals surface area (Å²) in [6.45, 7) is 8.11. The van der Waals surface area contributed by atoms with Gasteiger partial charge in [-0.15, -0.1) is 0 Å². The maximum atomic E-state index is 14.1. The second-order valence-corrected chi connectivity index (χ2v) is 12.7. The number of carbonyl (C=O) groups is 1. The summed E-state index contributed by atoms with van der Waals surface area (Å²) in [5.74, 6) is 0.310. The van der Waals surface area contributed by atoms with Crippen LogP contribution in [-0.2, 0) is 30.2 Å². The number of aliphatic hydroxyl groups is 1. The molecule has 0 bridgehead atoms. The van der Waals surface area contributed by atoms with Crippen LogP contribution in [-0.4, -0.2) is 99.0 Å². The van der Waals surface area contributed by atoms with Gasteiger partial charge in [0.05, 0.1) is 26.4 Å². The van der Waals surface area contributed by atoms with Crippen LogP contribution in [0.3, 0.4) is 0 Å².